The van der Waals surface area contributed by atoms with E-state index in [2.05, 4.69) is 55.8 Å². The Morgan fingerprint density at radius 3 is 2.61 bits per heavy atom. The predicted octanol–water partition coefficient (Wildman–Crippen LogP) is 6.75. The number of nitrogens with one attached hydrogen (secondary N) is 1. The Bertz CT molecular complexity index is 1450. The average molecular weight is 478 g/mol. The van der Waals surface area contributed by atoms with Crippen molar-refractivity contribution < 1.29 is 4.74 Å². The number of aromatic nitrogens is 3. The SMILES string of the molecule is Cc1ccc(Nc2cc(Oc3cc(C)c(C)nc3-c3ccccn3)ccn2)cc1CCC1=NN=NC1. The van der Waals surface area contributed by atoms with Crippen molar-refractivity contribution in [2.24, 2.45) is 15.4 Å². The molecule has 8 nitrogen and oxygen atoms in total. The quantitative estimate of drug-likeness (QED) is 0.303. The third-order valence-corrected chi connectivity index (χ3v) is 6.10. The maximum absolute atomic E-state index is 6.30. The molecule has 36 heavy (non-hydrogen) atoms. The molecule has 0 bridgehead atoms. The van der Waals surface area contributed by atoms with Crippen LogP contribution in [0.4, 0.5) is 11.5 Å². The van der Waals surface area contributed by atoms with Gasteiger partial charge in [0.25, 0.3) is 0 Å². The normalized spacial score (nSPS) is 12.5. The van der Waals surface area contributed by atoms with Gasteiger partial charge in [0.15, 0.2) is 5.75 Å². The minimum atomic E-state index is 0.603. The van der Waals surface area contributed by atoms with Crippen molar-refractivity contribution in [3.05, 3.63) is 89.4 Å². The predicted molar refractivity (Wildman–Crippen MR) is 141 cm³/mol. The fourth-order valence-electron chi connectivity index (χ4n) is 3.93. The van der Waals surface area contributed by atoms with Gasteiger partial charge in [-0.05, 0) is 91.9 Å². The molecule has 0 saturated carbocycles. The van der Waals surface area contributed by atoms with Crippen LogP contribution in [0.3, 0.4) is 0 Å². The smallest absolute Gasteiger partial charge is 0.155 e. The average Bonchev–Trinajstić information content (AvgIpc) is 3.41. The monoisotopic (exact) mass is 477 g/mol. The van der Waals surface area contributed by atoms with Crippen LogP contribution in [0.25, 0.3) is 11.4 Å². The van der Waals surface area contributed by atoms with Crippen molar-refractivity contribution in [1.29, 1.82) is 0 Å². The molecule has 0 atom stereocenters. The number of ether oxygens (including phenoxy) is 1. The largest absolute Gasteiger partial charge is 0.455 e. The molecule has 0 fully saturated rings. The van der Waals surface area contributed by atoms with Crippen molar-refractivity contribution in [3.8, 4) is 22.9 Å². The fraction of sp³-hybridized carbons (Fsp3) is 0.214. The number of hydrogen-bond donors (Lipinski definition) is 1. The summed E-state index contributed by atoms with van der Waals surface area (Å²) >= 11 is 0. The van der Waals surface area contributed by atoms with Gasteiger partial charge in [-0.3, -0.25) is 4.98 Å². The van der Waals surface area contributed by atoms with Gasteiger partial charge in [0.1, 0.15) is 23.8 Å². The molecule has 5 rings (SSSR count). The minimum absolute atomic E-state index is 0.603. The van der Waals surface area contributed by atoms with E-state index in [0.717, 1.165) is 41.2 Å². The van der Waals surface area contributed by atoms with Gasteiger partial charge in [-0.25, -0.2) is 9.97 Å². The molecule has 0 spiro atoms. The summed E-state index contributed by atoms with van der Waals surface area (Å²) in [5, 5.41) is 15.1. The first-order valence-electron chi connectivity index (χ1n) is 11.9. The van der Waals surface area contributed by atoms with E-state index in [4.69, 9.17) is 9.72 Å². The summed E-state index contributed by atoms with van der Waals surface area (Å²) < 4.78 is 6.30. The van der Waals surface area contributed by atoms with Gasteiger partial charge in [-0.1, -0.05) is 12.1 Å². The van der Waals surface area contributed by atoms with Gasteiger partial charge in [0.05, 0.1) is 11.4 Å². The van der Waals surface area contributed by atoms with Crippen LogP contribution >= 0.6 is 0 Å². The number of nitrogens with zero attached hydrogens (tertiary/aromatic N) is 6. The summed E-state index contributed by atoms with van der Waals surface area (Å²) in [6.07, 6.45) is 5.22. The number of benzene rings is 1. The number of pyridine rings is 3. The third-order valence-electron chi connectivity index (χ3n) is 6.10. The lowest BCUT2D eigenvalue weighted by Gasteiger charge is -2.14. The molecule has 4 heterocycles. The summed E-state index contributed by atoms with van der Waals surface area (Å²) in [6.45, 7) is 6.73. The summed E-state index contributed by atoms with van der Waals surface area (Å²) in [7, 11) is 0. The van der Waals surface area contributed by atoms with E-state index < -0.39 is 0 Å². The molecule has 1 N–H and O–H groups in total. The van der Waals surface area contributed by atoms with Crippen LogP contribution in [0.5, 0.6) is 11.5 Å². The van der Waals surface area contributed by atoms with E-state index in [1.165, 1.54) is 11.1 Å². The van der Waals surface area contributed by atoms with Gasteiger partial charge in [0, 0.05) is 29.8 Å². The summed E-state index contributed by atoms with van der Waals surface area (Å²) in [4.78, 5) is 13.7. The first-order valence-corrected chi connectivity index (χ1v) is 11.9. The molecular weight excluding hydrogens is 450 g/mol. The highest BCUT2D eigenvalue weighted by Crippen LogP contribution is 2.33. The maximum Gasteiger partial charge on any atom is 0.155 e. The third kappa shape index (κ3) is 5.43. The standard InChI is InChI=1S/C28H27N7O/c1-18-7-9-22(15-21(18)8-10-23-17-31-35-34-23)33-27-16-24(11-13-30-27)36-26-14-19(2)20(3)32-28(26)25-6-4-5-12-29-25/h4-7,9,11-16H,8,10,17H2,1-3H3,(H,30,33). The molecule has 3 aromatic heterocycles. The Morgan fingerprint density at radius 2 is 1.81 bits per heavy atom. The van der Waals surface area contributed by atoms with Crippen LogP contribution < -0.4 is 10.1 Å². The van der Waals surface area contributed by atoms with Crippen LogP contribution in [0, 0.1) is 20.8 Å². The first kappa shape index (κ1) is 23.3. The zero-order chi connectivity index (χ0) is 24.9. The van der Waals surface area contributed by atoms with Crippen molar-refractivity contribution in [3.63, 3.8) is 0 Å². The van der Waals surface area contributed by atoms with Crippen molar-refractivity contribution in [2.45, 2.75) is 33.6 Å². The Hall–Kier alpha value is -4.46. The van der Waals surface area contributed by atoms with Crippen LogP contribution in [-0.2, 0) is 6.42 Å². The first-order chi connectivity index (χ1) is 17.5. The van der Waals surface area contributed by atoms with E-state index in [0.29, 0.717) is 29.6 Å². The van der Waals surface area contributed by atoms with E-state index in [1.54, 1.807) is 12.4 Å². The van der Waals surface area contributed by atoms with Gasteiger partial charge >= 0.3 is 0 Å². The van der Waals surface area contributed by atoms with Gasteiger partial charge in [0.2, 0.25) is 0 Å². The van der Waals surface area contributed by atoms with Crippen molar-refractivity contribution >= 4 is 17.2 Å². The summed E-state index contributed by atoms with van der Waals surface area (Å²) in [6, 6.07) is 17.8. The van der Waals surface area contributed by atoms with Crippen molar-refractivity contribution in [1.82, 2.24) is 15.0 Å². The molecule has 0 unspecified atom stereocenters. The Morgan fingerprint density at radius 1 is 0.889 bits per heavy atom. The lowest BCUT2D eigenvalue weighted by molar-refractivity contribution is 0.481. The highest BCUT2D eigenvalue weighted by molar-refractivity contribution is 5.87. The maximum atomic E-state index is 6.30. The highest BCUT2D eigenvalue weighted by atomic mass is 16.5. The molecular formula is C28H27N7O. The molecule has 0 saturated heterocycles. The highest BCUT2D eigenvalue weighted by Gasteiger charge is 2.14. The number of anilines is 2. The lowest BCUT2D eigenvalue weighted by atomic mass is 10.0. The number of aryl methyl sites for hydroxylation is 4. The molecule has 1 aromatic carbocycles. The Kier molecular flexibility index (Phi) is 6.75. The van der Waals surface area contributed by atoms with Crippen LogP contribution in [-0.4, -0.2) is 27.2 Å². The molecule has 180 valence electrons. The van der Waals surface area contributed by atoms with Gasteiger partial charge in [-0.15, -0.1) is 5.10 Å². The molecule has 0 radical (unpaired) electrons. The molecule has 0 aliphatic carbocycles. The van der Waals surface area contributed by atoms with E-state index in [-0.39, 0.29) is 0 Å². The lowest BCUT2D eigenvalue weighted by Crippen LogP contribution is -2.03. The van der Waals surface area contributed by atoms with Gasteiger partial charge < -0.3 is 10.1 Å². The summed E-state index contributed by atoms with van der Waals surface area (Å²) in [5.74, 6) is 2.00. The zero-order valence-electron chi connectivity index (χ0n) is 20.6. The number of rotatable bonds is 8. The van der Waals surface area contributed by atoms with Crippen LogP contribution in [0.1, 0.15) is 28.8 Å². The molecule has 1 aliphatic heterocycles. The van der Waals surface area contributed by atoms with Gasteiger partial charge in [-0.2, -0.15) is 5.11 Å². The van der Waals surface area contributed by atoms with E-state index >= 15 is 0 Å². The van der Waals surface area contributed by atoms with Crippen molar-refractivity contribution in [2.75, 3.05) is 11.9 Å². The second-order valence-electron chi connectivity index (χ2n) is 8.75. The minimum Gasteiger partial charge on any atom is -0.455 e. The zero-order valence-corrected chi connectivity index (χ0v) is 20.6. The van der Waals surface area contributed by atoms with E-state index in [1.807, 2.05) is 50.2 Å². The van der Waals surface area contributed by atoms with E-state index in [9.17, 15) is 0 Å². The van der Waals surface area contributed by atoms with Crippen LogP contribution in [0.15, 0.2) is 82.4 Å². The molecule has 0 amide bonds. The topological polar surface area (TPSA) is 97.0 Å². The Labute approximate surface area is 210 Å². The molecule has 4 aromatic rings. The van der Waals surface area contributed by atoms with Crippen LogP contribution in [0.2, 0.25) is 0 Å². The number of hydrogen-bond acceptors (Lipinski definition) is 8. The Balaban J connectivity index is 1.35. The fourth-order valence-corrected chi connectivity index (χ4v) is 3.93. The molecule has 8 heteroatoms. The summed E-state index contributed by atoms with van der Waals surface area (Å²) in [5.41, 5.74) is 7.94. The molecule has 1 aliphatic rings. The second kappa shape index (κ2) is 10.4. The second-order valence-corrected chi connectivity index (χ2v) is 8.75.